The maximum Gasteiger partial charge on any atom is 0.296 e. The van der Waals surface area contributed by atoms with E-state index in [1.165, 1.54) is 26.4 Å². The van der Waals surface area contributed by atoms with Crippen molar-refractivity contribution in [2.75, 3.05) is 39.3 Å². The smallest absolute Gasteiger partial charge is 0.296 e. The zero-order chi connectivity index (χ0) is 13.7. The number of rotatable bonds is 6. The molecule has 1 aromatic rings. The number of methoxy groups -OCH3 is 2. The Morgan fingerprint density at radius 2 is 1.89 bits per heavy atom. The van der Waals surface area contributed by atoms with Crippen LogP contribution in [0, 0.1) is 10.1 Å². The Morgan fingerprint density at radius 1 is 1.33 bits per heavy atom. The van der Waals surface area contributed by atoms with Crippen LogP contribution in [0.1, 0.15) is 0 Å². The molecule has 0 aromatic heterocycles. The Labute approximate surface area is 105 Å². The molecule has 0 bridgehead atoms. The Kier molecular flexibility index (Phi) is 4.73. The van der Waals surface area contributed by atoms with E-state index < -0.39 is 4.92 Å². The van der Waals surface area contributed by atoms with Crippen molar-refractivity contribution in [2.24, 2.45) is 0 Å². The van der Waals surface area contributed by atoms with Crippen molar-refractivity contribution in [1.29, 1.82) is 0 Å². The molecule has 0 saturated heterocycles. The summed E-state index contributed by atoms with van der Waals surface area (Å²) in [5.41, 5.74) is 0.273. The lowest BCUT2D eigenvalue weighted by molar-refractivity contribution is -0.384. The van der Waals surface area contributed by atoms with E-state index in [9.17, 15) is 10.1 Å². The molecule has 0 spiro atoms. The van der Waals surface area contributed by atoms with Gasteiger partial charge in [-0.1, -0.05) is 0 Å². The maximum absolute atomic E-state index is 11.0. The highest BCUT2D eigenvalue weighted by molar-refractivity contribution is 5.69. The minimum atomic E-state index is -0.495. The van der Waals surface area contributed by atoms with Crippen LogP contribution < -0.4 is 14.4 Å². The number of hydrogen-bond donors (Lipinski definition) is 1. The minimum Gasteiger partial charge on any atom is -0.493 e. The Bertz CT molecular complexity index is 436. The minimum absolute atomic E-state index is 0.0939. The summed E-state index contributed by atoms with van der Waals surface area (Å²) in [4.78, 5) is 12.1. The number of anilines is 1. The van der Waals surface area contributed by atoms with Crippen LogP contribution in [-0.2, 0) is 0 Å². The molecule has 0 fully saturated rings. The van der Waals surface area contributed by atoms with E-state index in [0.29, 0.717) is 17.2 Å². The first-order chi connectivity index (χ1) is 8.54. The maximum atomic E-state index is 11.0. The fourth-order valence-corrected chi connectivity index (χ4v) is 1.58. The summed E-state index contributed by atoms with van der Waals surface area (Å²) in [5.74, 6) is 0.702. The summed E-state index contributed by atoms with van der Waals surface area (Å²) >= 11 is 0. The monoisotopic (exact) mass is 256 g/mol. The topological polar surface area (TPSA) is 85.1 Å². The van der Waals surface area contributed by atoms with Gasteiger partial charge in [0, 0.05) is 19.7 Å². The predicted molar refractivity (Wildman–Crippen MR) is 66.6 cm³/mol. The largest absolute Gasteiger partial charge is 0.493 e. The third-order valence-corrected chi connectivity index (χ3v) is 2.52. The molecule has 0 aliphatic rings. The van der Waals surface area contributed by atoms with Crippen molar-refractivity contribution in [3.63, 3.8) is 0 Å². The lowest BCUT2D eigenvalue weighted by Gasteiger charge is -2.19. The lowest BCUT2D eigenvalue weighted by atomic mass is 10.2. The summed E-state index contributed by atoms with van der Waals surface area (Å²) in [6.45, 7) is 0.193. The molecule has 0 unspecified atom stereocenters. The van der Waals surface area contributed by atoms with Gasteiger partial charge in [-0.3, -0.25) is 10.1 Å². The van der Waals surface area contributed by atoms with Crippen LogP contribution in [0.4, 0.5) is 11.4 Å². The lowest BCUT2D eigenvalue weighted by Crippen LogP contribution is -2.22. The average molecular weight is 256 g/mol. The van der Waals surface area contributed by atoms with Crippen molar-refractivity contribution < 1.29 is 19.5 Å². The van der Waals surface area contributed by atoms with E-state index in [-0.39, 0.29) is 18.8 Å². The molecule has 0 aliphatic carbocycles. The molecule has 1 N–H and O–H groups in total. The fraction of sp³-hybridized carbons (Fsp3) is 0.455. The molecule has 0 heterocycles. The molecule has 100 valence electrons. The first-order valence-electron chi connectivity index (χ1n) is 5.27. The SMILES string of the molecule is COc1cc(N(C)CCO)c([N+](=O)[O-])cc1OC. The summed E-state index contributed by atoms with van der Waals surface area (Å²) < 4.78 is 10.1. The number of aliphatic hydroxyl groups is 1. The van der Waals surface area contributed by atoms with Gasteiger partial charge in [0.25, 0.3) is 5.69 Å². The number of hydrogen-bond acceptors (Lipinski definition) is 6. The van der Waals surface area contributed by atoms with E-state index >= 15 is 0 Å². The third kappa shape index (κ3) is 2.80. The van der Waals surface area contributed by atoms with Crippen molar-refractivity contribution in [1.82, 2.24) is 0 Å². The van der Waals surface area contributed by atoms with Gasteiger partial charge < -0.3 is 19.5 Å². The molecule has 0 atom stereocenters. The molecular weight excluding hydrogens is 240 g/mol. The second kappa shape index (κ2) is 6.06. The van der Waals surface area contributed by atoms with E-state index in [0.717, 1.165) is 0 Å². The molecule has 1 aromatic carbocycles. The van der Waals surface area contributed by atoms with Crippen LogP contribution in [0.3, 0.4) is 0 Å². The number of ether oxygens (including phenoxy) is 2. The zero-order valence-electron chi connectivity index (χ0n) is 10.5. The number of nitrogens with zero attached hydrogens (tertiary/aromatic N) is 2. The van der Waals surface area contributed by atoms with Crippen molar-refractivity contribution in [2.45, 2.75) is 0 Å². The van der Waals surface area contributed by atoms with Crippen LogP contribution in [0.2, 0.25) is 0 Å². The highest BCUT2D eigenvalue weighted by atomic mass is 16.6. The molecule has 0 saturated carbocycles. The number of nitro benzene ring substituents is 1. The second-order valence-electron chi connectivity index (χ2n) is 3.60. The van der Waals surface area contributed by atoms with Gasteiger partial charge in [0.05, 0.1) is 31.8 Å². The molecular formula is C11H16N2O5. The summed E-state index contributed by atoms with van der Waals surface area (Å²) in [7, 11) is 4.53. The van der Waals surface area contributed by atoms with Gasteiger partial charge in [-0.05, 0) is 0 Å². The first-order valence-corrected chi connectivity index (χ1v) is 5.27. The highest BCUT2D eigenvalue weighted by Gasteiger charge is 2.21. The van der Waals surface area contributed by atoms with Crippen molar-refractivity contribution >= 4 is 11.4 Å². The average Bonchev–Trinajstić information content (AvgIpc) is 2.37. The van der Waals surface area contributed by atoms with E-state index in [1.807, 2.05) is 0 Å². The van der Waals surface area contributed by atoms with Crippen molar-refractivity contribution in [3.05, 3.63) is 22.2 Å². The Hall–Kier alpha value is -2.02. The second-order valence-corrected chi connectivity index (χ2v) is 3.60. The van der Waals surface area contributed by atoms with Gasteiger partial charge in [-0.2, -0.15) is 0 Å². The molecule has 0 radical (unpaired) electrons. The van der Waals surface area contributed by atoms with Crippen molar-refractivity contribution in [3.8, 4) is 11.5 Å². The summed E-state index contributed by atoms with van der Waals surface area (Å²) in [6, 6.07) is 2.83. The standard InChI is InChI=1S/C11H16N2O5/c1-12(4-5-14)8-6-10(17-2)11(18-3)7-9(8)13(15)16/h6-7,14H,4-5H2,1-3H3. The van der Waals surface area contributed by atoms with E-state index in [1.54, 1.807) is 11.9 Å². The number of likely N-dealkylation sites (N-methyl/N-ethyl adjacent to an activating group) is 1. The van der Waals surface area contributed by atoms with Crippen LogP contribution in [0.15, 0.2) is 12.1 Å². The molecule has 1 rings (SSSR count). The summed E-state index contributed by atoms with van der Waals surface area (Å²) in [6.07, 6.45) is 0. The van der Waals surface area contributed by atoms with E-state index in [2.05, 4.69) is 0 Å². The number of aliphatic hydroxyl groups excluding tert-OH is 1. The first kappa shape index (κ1) is 14.0. The normalized spacial score (nSPS) is 10.0. The number of nitro groups is 1. The van der Waals surface area contributed by atoms with Crippen LogP contribution in [0.25, 0.3) is 0 Å². The molecule has 0 amide bonds. The Balaban J connectivity index is 3.33. The van der Waals surface area contributed by atoms with E-state index in [4.69, 9.17) is 14.6 Å². The highest BCUT2D eigenvalue weighted by Crippen LogP contribution is 2.38. The predicted octanol–water partition coefficient (Wildman–Crippen LogP) is 1.04. The fourth-order valence-electron chi connectivity index (χ4n) is 1.58. The molecule has 7 nitrogen and oxygen atoms in total. The Morgan fingerprint density at radius 3 is 2.33 bits per heavy atom. The van der Waals surface area contributed by atoms with Crippen LogP contribution in [0.5, 0.6) is 11.5 Å². The molecule has 18 heavy (non-hydrogen) atoms. The van der Waals surface area contributed by atoms with Gasteiger partial charge in [0.15, 0.2) is 11.5 Å². The van der Waals surface area contributed by atoms with Gasteiger partial charge in [0.1, 0.15) is 5.69 Å². The van der Waals surface area contributed by atoms with Gasteiger partial charge in [-0.15, -0.1) is 0 Å². The van der Waals surface area contributed by atoms with Gasteiger partial charge >= 0.3 is 0 Å². The van der Waals surface area contributed by atoms with Crippen LogP contribution in [-0.4, -0.2) is 44.4 Å². The third-order valence-electron chi connectivity index (χ3n) is 2.52. The van der Waals surface area contributed by atoms with Gasteiger partial charge in [0.2, 0.25) is 0 Å². The van der Waals surface area contributed by atoms with Gasteiger partial charge in [-0.25, -0.2) is 0 Å². The summed E-state index contributed by atoms with van der Waals surface area (Å²) in [5, 5.41) is 19.9. The number of benzene rings is 1. The zero-order valence-corrected chi connectivity index (χ0v) is 10.5. The van der Waals surface area contributed by atoms with Crippen LogP contribution >= 0.6 is 0 Å². The molecule has 0 aliphatic heterocycles. The quantitative estimate of drug-likeness (QED) is 0.604. The molecule has 7 heteroatoms.